The van der Waals surface area contributed by atoms with Gasteiger partial charge in [-0.15, -0.1) is 13.2 Å². The number of hydrogen-bond donors (Lipinski definition) is 2. The van der Waals surface area contributed by atoms with Crippen LogP contribution in [0.3, 0.4) is 0 Å². The smallest absolute Gasteiger partial charge is 0.405 e. The average Bonchev–Trinajstić information content (AvgIpc) is 2.17. The molecule has 3 nitrogen and oxygen atoms in total. The zero-order valence-corrected chi connectivity index (χ0v) is 9.55. The van der Waals surface area contributed by atoms with Crippen LogP contribution in [0.1, 0.15) is 11.6 Å². The molecule has 0 saturated carbocycles. The van der Waals surface area contributed by atoms with E-state index in [-0.39, 0.29) is 5.56 Å². The Balaban J connectivity index is 3.07. The minimum Gasteiger partial charge on any atom is -0.405 e. The number of aliphatic hydroxyl groups is 1. The zero-order valence-electron chi connectivity index (χ0n) is 7.96. The van der Waals surface area contributed by atoms with E-state index in [1.54, 1.807) is 0 Å². The molecule has 0 fully saturated rings. The van der Waals surface area contributed by atoms with Gasteiger partial charge in [0.05, 0.1) is 12.6 Å². The third kappa shape index (κ3) is 3.66. The fraction of sp³-hybridized carbons (Fsp3) is 0.333. The second kappa shape index (κ2) is 5.03. The lowest BCUT2D eigenvalue weighted by Gasteiger charge is -2.16. The van der Waals surface area contributed by atoms with Gasteiger partial charge in [-0.3, -0.25) is 0 Å². The molecule has 0 bridgehead atoms. The minimum absolute atomic E-state index is 0.0919. The predicted octanol–water partition coefficient (Wildman–Crippen LogP) is 2.34. The summed E-state index contributed by atoms with van der Waals surface area (Å²) in [5, 5.41) is 8.82. The van der Waals surface area contributed by atoms with Crippen molar-refractivity contribution in [3.8, 4) is 5.75 Å². The lowest BCUT2D eigenvalue weighted by molar-refractivity contribution is -0.275. The summed E-state index contributed by atoms with van der Waals surface area (Å²) in [5.74, 6) is -0.405. The fourth-order valence-corrected chi connectivity index (χ4v) is 1.50. The topological polar surface area (TPSA) is 55.5 Å². The van der Waals surface area contributed by atoms with Crippen LogP contribution in [0.5, 0.6) is 5.75 Å². The normalized spacial score (nSPS) is 13.6. The number of halogens is 4. The summed E-state index contributed by atoms with van der Waals surface area (Å²) in [6.07, 6.45) is -4.78. The monoisotopic (exact) mass is 299 g/mol. The first-order chi connectivity index (χ1) is 7.33. The third-order valence-electron chi connectivity index (χ3n) is 1.79. The van der Waals surface area contributed by atoms with E-state index in [1.807, 2.05) is 0 Å². The Morgan fingerprint density at radius 1 is 1.44 bits per heavy atom. The highest BCUT2D eigenvalue weighted by atomic mass is 79.9. The molecule has 7 heteroatoms. The molecule has 16 heavy (non-hydrogen) atoms. The van der Waals surface area contributed by atoms with Crippen LogP contribution in [0.25, 0.3) is 0 Å². The third-order valence-corrected chi connectivity index (χ3v) is 2.29. The van der Waals surface area contributed by atoms with E-state index in [1.165, 1.54) is 12.1 Å². The summed E-state index contributed by atoms with van der Waals surface area (Å²) in [7, 11) is 0. The molecule has 90 valence electrons. The summed E-state index contributed by atoms with van der Waals surface area (Å²) in [6.45, 7) is -0.468. The van der Waals surface area contributed by atoms with Crippen molar-refractivity contribution in [1.82, 2.24) is 0 Å². The molecule has 0 aliphatic rings. The van der Waals surface area contributed by atoms with Gasteiger partial charge in [-0.1, -0.05) is 15.9 Å². The summed E-state index contributed by atoms with van der Waals surface area (Å²) >= 11 is 3.10. The van der Waals surface area contributed by atoms with Gasteiger partial charge >= 0.3 is 6.36 Å². The fourth-order valence-electron chi connectivity index (χ4n) is 1.13. The van der Waals surface area contributed by atoms with E-state index in [0.717, 1.165) is 6.07 Å². The summed E-state index contributed by atoms with van der Waals surface area (Å²) in [6, 6.07) is 2.99. The number of benzene rings is 1. The molecule has 0 saturated heterocycles. The summed E-state index contributed by atoms with van der Waals surface area (Å²) in [5.41, 5.74) is 5.56. The molecule has 0 radical (unpaired) electrons. The number of rotatable bonds is 3. The predicted molar refractivity (Wildman–Crippen MR) is 54.8 cm³/mol. The van der Waals surface area contributed by atoms with Crippen molar-refractivity contribution in [1.29, 1.82) is 0 Å². The van der Waals surface area contributed by atoms with Gasteiger partial charge in [0.2, 0.25) is 0 Å². The molecule has 0 heterocycles. The highest BCUT2D eigenvalue weighted by Gasteiger charge is 2.32. The maximum absolute atomic E-state index is 12.1. The molecule has 1 atom stereocenters. The average molecular weight is 300 g/mol. The molecule has 0 aromatic heterocycles. The highest BCUT2D eigenvalue weighted by molar-refractivity contribution is 9.10. The molecule has 0 spiro atoms. The maximum atomic E-state index is 12.1. The Morgan fingerprint density at radius 3 is 2.56 bits per heavy atom. The Labute approximate surface area is 98.1 Å². The maximum Gasteiger partial charge on any atom is 0.573 e. The van der Waals surface area contributed by atoms with Crippen molar-refractivity contribution < 1.29 is 23.0 Å². The van der Waals surface area contributed by atoms with Crippen LogP contribution in [0, 0.1) is 0 Å². The number of nitrogens with two attached hydrogens (primary N) is 1. The van der Waals surface area contributed by atoms with Gasteiger partial charge in [-0.05, 0) is 18.2 Å². The molecule has 0 unspecified atom stereocenters. The van der Waals surface area contributed by atoms with Crippen LogP contribution in [0.4, 0.5) is 13.2 Å². The standard InChI is InChI=1S/C9H9BrF3NO2/c10-5-1-2-8(16-9(11,12)13)6(3-5)7(14)4-15/h1-3,7,15H,4,14H2/t7-/m0/s1. The lowest BCUT2D eigenvalue weighted by atomic mass is 10.1. The van der Waals surface area contributed by atoms with Crippen LogP contribution in [0.2, 0.25) is 0 Å². The van der Waals surface area contributed by atoms with Gasteiger partial charge in [0.25, 0.3) is 0 Å². The molecule has 1 rings (SSSR count). The first-order valence-electron chi connectivity index (χ1n) is 4.25. The van der Waals surface area contributed by atoms with E-state index in [0.29, 0.717) is 4.47 Å². The zero-order chi connectivity index (χ0) is 12.3. The molecule has 3 N–H and O–H groups in total. The molecule has 0 amide bonds. The first kappa shape index (κ1) is 13.3. The van der Waals surface area contributed by atoms with Crippen LogP contribution in [0.15, 0.2) is 22.7 Å². The van der Waals surface area contributed by atoms with Gasteiger partial charge in [-0.2, -0.15) is 0 Å². The van der Waals surface area contributed by atoms with Gasteiger partial charge in [-0.25, -0.2) is 0 Å². The van der Waals surface area contributed by atoms with Crippen molar-refractivity contribution in [3.63, 3.8) is 0 Å². The Morgan fingerprint density at radius 2 is 2.06 bits per heavy atom. The van der Waals surface area contributed by atoms with E-state index in [4.69, 9.17) is 10.8 Å². The quantitative estimate of drug-likeness (QED) is 0.901. The van der Waals surface area contributed by atoms with E-state index in [9.17, 15) is 13.2 Å². The van der Waals surface area contributed by atoms with E-state index < -0.39 is 24.8 Å². The van der Waals surface area contributed by atoms with E-state index >= 15 is 0 Å². The van der Waals surface area contributed by atoms with Crippen molar-refractivity contribution in [2.45, 2.75) is 12.4 Å². The van der Waals surface area contributed by atoms with Crippen molar-refractivity contribution in [3.05, 3.63) is 28.2 Å². The number of alkyl halides is 3. The van der Waals surface area contributed by atoms with Crippen LogP contribution in [-0.4, -0.2) is 18.1 Å². The van der Waals surface area contributed by atoms with Crippen molar-refractivity contribution in [2.24, 2.45) is 5.73 Å². The molecule has 0 aliphatic heterocycles. The minimum atomic E-state index is -4.78. The molecule has 0 aliphatic carbocycles. The second-order valence-electron chi connectivity index (χ2n) is 3.02. The van der Waals surface area contributed by atoms with Gasteiger partial charge in [0.15, 0.2) is 0 Å². The largest absolute Gasteiger partial charge is 0.573 e. The Kier molecular flexibility index (Phi) is 4.17. The van der Waals surface area contributed by atoms with E-state index in [2.05, 4.69) is 20.7 Å². The van der Waals surface area contributed by atoms with Gasteiger partial charge < -0.3 is 15.6 Å². The van der Waals surface area contributed by atoms with Crippen LogP contribution >= 0.6 is 15.9 Å². The highest BCUT2D eigenvalue weighted by Crippen LogP contribution is 2.31. The van der Waals surface area contributed by atoms with Crippen molar-refractivity contribution >= 4 is 15.9 Å². The SMILES string of the molecule is N[C@@H](CO)c1cc(Br)ccc1OC(F)(F)F. The second-order valence-corrected chi connectivity index (χ2v) is 3.93. The number of hydrogen-bond acceptors (Lipinski definition) is 3. The van der Waals surface area contributed by atoms with Crippen LogP contribution < -0.4 is 10.5 Å². The lowest BCUT2D eigenvalue weighted by Crippen LogP contribution is -2.21. The molecular weight excluding hydrogens is 291 g/mol. The molecule has 1 aromatic rings. The molecule has 1 aromatic carbocycles. The number of aliphatic hydroxyl groups excluding tert-OH is 1. The van der Waals surface area contributed by atoms with Gasteiger partial charge in [0, 0.05) is 10.0 Å². The Bertz CT molecular complexity index is 370. The Hall–Kier alpha value is -0.790. The van der Waals surface area contributed by atoms with Gasteiger partial charge in [0.1, 0.15) is 5.75 Å². The summed E-state index contributed by atoms with van der Waals surface area (Å²) < 4.78 is 40.5. The summed E-state index contributed by atoms with van der Waals surface area (Å²) in [4.78, 5) is 0. The molecular formula is C9H9BrF3NO2. The van der Waals surface area contributed by atoms with Crippen molar-refractivity contribution in [2.75, 3.05) is 6.61 Å². The first-order valence-corrected chi connectivity index (χ1v) is 5.04. The van der Waals surface area contributed by atoms with Crippen LogP contribution in [-0.2, 0) is 0 Å². The number of ether oxygens (including phenoxy) is 1.